The quantitative estimate of drug-likeness (QED) is 0.341. The van der Waals surface area contributed by atoms with E-state index in [2.05, 4.69) is 5.32 Å². The summed E-state index contributed by atoms with van der Waals surface area (Å²) in [6.07, 6.45) is 2.97. The third-order valence-electron chi connectivity index (χ3n) is 5.11. The number of likely N-dealkylation sites (tertiary alicyclic amines) is 1. The molecular formula is C20H30N4O5. The van der Waals surface area contributed by atoms with Crippen molar-refractivity contribution in [2.45, 2.75) is 56.7 Å². The van der Waals surface area contributed by atoms with Crippen molar-refractivity contribution >= 4 is 17.8 Å². The van der Waals surface area contributed by atoms with Crippen molar-refractivity contribution in [1.29, 1.82) is 0 Å². The lowest BCUT2D eigenvalue weighted by Gasteiger charge is -2.28. The summed E-state index contributed by atoms with van der Waals surface area (Å²) < 4.78 is 0. The highest BCUT2D eigenvalue weighted by atomic mass is 16.4. The summed E-state index contributed by atoms with van der Waals surface area (Å²) in [5, 5.41) is 21.4. The van der Waals surface area contributed by atoms with Crippen molar-refractivity contribution < 1.29 is 24.6 Å². The minimum Gasteiger partial charge on any atom is -0.508 e. The number of nitrogens with one attached hydrogen (secondary N) is 1. The molecule has 0 spiro atoms. The first-order valence-corrected chi connectivity index (χ1v) is 9.90. The number of carboxylic acid groups (broad SMARTS) is 1. The average Bonchev–Trinajstić information content (AvgIpc) is 3.18. The summed E-state index contributed by atoms with van der Waals surface area (Å²) >= 11 is 0. The van der Waals surface area contributed by atoms with Crippen molar-refractivity contribution in [2.24, 2.45) is 11.5 Å². The SMILES string of the molecule is NCCCCC(NC(=O)C(N)Cc1ccc(O)cc1)C(=O)N1CCCC1C(=O)O. The number of hydrogen-bond acceptors (Lipinski definition) is 6. The number of phenols is 1. The fourth-order valence-corrected chi connectivity index (χ4v) is 3.49. The van der Waals surface area contributed by atoms with Crippen LogP contribution >= 0.6 is 0 Å². The second-order valence-corrected chi connectivity index (χ2v) is 7.35. The Hall–Kier alpha value is -2.65. The third kappa shape index (κ3) is 6.43. The second-order valence-electron chi connectivity index (χ2n) is 7.35. The van der Waals surface area contributed by atoms with Gasteiger partial charge in [-0.1, -0.05) is 12.1 Å². The van der Waals surface area contributed by atoms with E-state index < -0.39 is 35.9 Å². The van der Waals surface area contributed by atoms with Crippen LogP contribution in [0.5, 0.6) is 5.75 Å². The summed E-state index contributed by atoms with van der Waals surface area (Å²) in [7, 11) is 0. The maximum Gasteiger partial charge on any atom is 0.326 e. The standard InChI is InChI=1S/C20H30N4O5/c21-10-2-1-4-16(19(27)24-11-3-5-17(24)20(28)29)23-18(26)15(22)12-13-6-8-14(25)9-7-13/h6-9,15-17,25H,1-5,10-12,21-22H2,(H,23,26)(H,28,29). The van der Waals surface area contributed by atoms with Crippen LogP contribution in [-0.2, 0) is 20.8 Å². The number of amides is 2. The average molecular weight is 406 g/mol. The molecule has 9 heteroatoms. The van der Waals surface area contributed by atoms with Crippen LogP contribution in [0.4, 0.5) is 0 Å². The Bertz CT molecular complexity index is 709. The summed E-state index contributed by atoms with van der Waals surface area (Å²) in [6, 6.07) is 3.80. The van der Waals surface area contributed by atoms with Crippen molar-refractivity contribution in [3.8, 4) is 5.75 Å². The summed E-state index contributed by atoms with van der Waals surface area (Å²) in [4.78, 5) is 38.3. The predicted octanol–water partition coefficient (Wildman–Crippen LogP) is -0.0486. The molecular weight excluding hydrogens is 376 g/mol. The molecule has 0 saturated carbocycles. The largest absolute Gasteiger partial charge is 0.508 e. The molecule has 1 aromatic carbocycles. The van der Waals surface area contributed by atoms with Crippen molar-refractivity contribution in [3.63, 3.8) is 0 Å². The first-order valence-electron chi connectivity index (χ1n) is 9.90. The fraction of sp³-hybridized carbons (Fsp3) is 0.550. The summed E-state index contributed by atoms with van der Waals surface area (Å²) in [5.41, 5.74) is 12.3. The van der Waals surface area contributed by atoms with Crippen molar-refractivity contribution in [1.82, 2.24) is 10.2 Å². The van der Waals surface area contributed by atoms with Gasteiger partial charge in [-0.15, -0.1) is 0 Å². The topological polar surface area (TPSA) is 159 Å². The van der Waals surface area contributed by atoms with Crippen LogP contribution in [0.15, 0.2) is 24.3 Å². The van der Waals surface area contributed by atoms with Gasteiger partial charge in [0.15, 0.2) is 0 Å². The van der Waals surface area contributed by atoms with E-state index in [1.165, 1.54) is 17.0 Å². The van der Waals surface area contributed by atoms with Gasteiger partial charge in [-0.3, -0.25) is 9.59 Å². The molecule has 2 rings (SSSR count). The number of phenolic OH excluding ortho intramolecular Hbond substituents is 1. The molecule has 1 saturated heterocycles. The van der Waals surface area contributed by atoms with Crippen LogP contribution in [0.2, 0.25) is 0 Å². The molecule has 0 radical (unpaired) electrons. The van der Waals surface area contributed by atoms with Crippen molar-refractivity contribution in [2.75, 3.05) is 13.1 Å². The Morgan fingerprint density at radius 3 is 2.52 bits per heavy atom. The number of carbonyl (C=O) groups excluding carboxylic acids is 2. The Kier molecular flexibility index (Phi) is 8.41. The van der Waals surface area contributed by atoms with Gasteiger partial charge in [0.2, 0.25) is 11.8 Å². The van der Waals surface area contributed by atoms with Gasteiger partial charge in [-0.2, -0.15) is 0 Å². The van der Waals surface area contributed by atoms with Crippen LogP contribution in [0.25, 0.3) is 0 Å². The Balaban J connectivity index is 2.04. The van der Waals surface area contributed by atoms with Gasteiger partial charge < -0.3 is 31.9 Å². The predicted molar refractivity (Wildman–Crippen MR) is 107 cm³/mol. The lowest BCUT2D eigenvalue weighted by molar-refractivity contribution is -0.149. The molecule has 0 aliphatic carbocycles. The Morgan fingerprint density at radius 2 is 1.90 bits per heavy atom. The molecule has 3 unspecified atom stereocenters. The van der Waals surface area contributed by atoms with E-state index >= 15 is 0 Å². The minimum absolute atomic E-state index is 0.121. The van der Waals surface area contributed by atoms with E-state index in [0.29, 0.717) is 45.2 Å². The van der Waals surface area contributed by atoms with E-state index in [0.717, 1.165) is 5.56 Å². The number of carboxylic acids is 1. The molecule has 1 heterocycles. The minimum atomic E-state index is -1.04. The van der Waals surface area contributed by atoms with Gasteiger partial charge in [0.25, 0.3) is 0 Å². The van der Waals surface area contributed by atoms with E-state index in [9.17, 15) is 24.6 Å². The Labute approximate surface area is 170 Å². The molecule has 0 bridgehead atoms. The number of aliphatic carboxylic acids is 1. The van der Waals surface area contributed by atoms with Crippen LogP contribution < -0.4 is 16.8 Å². The number of carbonyl (C=O) groups is 3. The number of hydrogen-bond donors (Lipinski definition) is 5. The molecule has 1 aromatic rings. The molecule has 1 aliphatic heterocycles. The van der Waals surface area contributed by atoms with Gasteiger partial charge in [0.1, 0.15) is 17.8 Å². The second kappa shape index (κ2) is 10.8. The fourth-order valence-electron chi connectivity index (χ4n) is 3.49. The number of benzene rings is 1. The molecule has 0 aromatic heterocycles. The maximum absolute atomic E-state index is 13.0. The zero-order valence-electron chi connectivity index (χ0n) is 16.4. The maximum atomic E-state index is 13.0. The highest BCUT2D eigenvalue weighted by Crippen LogP contribution is 2.20. The van der Waals surface area contributed by atoms with E-state index in [4.69, 9.17) is 11.5 Å². The summed E-state index contributed by atoms with van der Waals surface area (Å²) in [5.74, 6) is -1.78. The number of nitrogens with two attached hydrogens (primary N) is 2. The van der Waals surface area contributed by atoms with Gasteiger partial charge in [-0.05, 0) is 62.8 Å². The third-order valence-corrected chi connectivity index (χ3v) is 5.11. The number of rotatable bonds is 10. The van der Waals surface area contributed by atoms with Crippen molar-refractivity contribution in [3.05, 3.63) is 29.8 Å². The van der Waals surface area contributed by atoms with Crippen LogP contribution in [0.1, 0.15) is 37.7 Å². The van der Waals surface area contributed by atoms with Crippen LogP contribution in [-0.4, -0.2) is 64.1 Å². The lowest BCUT2D eigenvalue weighted by Crippen LogP contribution is -2.54. The van der Waals surface area contributed by atoms with E-state index in [1.807, 2.05) is 0 Å². The monoisotopic (exact) mass is 406 g/mol. The highest BCUT2D eigenvalue weighted by Gasteiger charge is 2.37. The van der Waals surface area contributed by atoms with E-state index in [1.54, 1.807) is 12.1 Å². The van der Waals surface area contributed by atoms with Gasteiger partial charge in [0, 0.05) is 6.54 Å². The smallest absolute Gasteiger partial charge is 0.326 e. The molecule has 1 aliphatic rings. The number of nitrogens with zero attached hydrogens (tertiary/aromatic N) is 1. The van der Waals surface area contributed by atoms with Gasteiger partial charge in [-0.25, -0.2) is 4.79 Å². The first kappa shape index (κ1) is 22.6. The zero-order chi connectivity index (χ0) is 21.4. The summed E-state index contributed by atoms with van der Waals surface area (Å²) in [6.45, 7) is 0.829. The molecule has 3 atom stereocenters. The lowest BCUT2D eigenvalue weighted by atomic mass is 10.0. The number of aromatic hydroxyl groups is 1. The number of unbranched alkanes of at least 4 members (excludes halogenated alkanes) is 1. The normalized spacial score (nSPS) is 18.3. The molecule has 9 nitrogen and oxygen atoms in total. The molecule has 29 heavy (non-hydrogen) atoms. The Morgan fingerprint density at radius 1 is 1.21 bits per heavy atom. The van der Waals surface area contributed by atoms with E-state index in [-0.39, 0.29) is 12.2 Å². The van der Waals surface area contributed by atoms with Crippen LogP contribution in [0.3, 0.4) is 0 Å². The zero-order valence-corrected chi connectivity index (χ0v) is 16.4. The highest BCUT2D eigenvalue weighted by molar-refractivity contribution is 5.92. The first-order chi connectivity index (χ1) is 13.8. The molecule has 1 fully saturated rings. The van der Waals surface area contributed by atoms with Crippen LogP contribution in [0, 0.1) is 0 Å². The molecule has 7 N–H and O–H groups in total. The van der Waals surface area contributed by atoms with Gasteiger partial charge >= 0.3 is 5.97 Å². The molecule has 160 valence electrons. The van der Waals surface area contributed by atoms with Gasteiger partial charge in [0.05, 0.1) is 6.04 Å². The molecule has 2 amide bonds.